The Morgan fingerprint density at radius 1 is 0.838 bits per heavy atom. The van der Waals surface area contributed by atoms with Gasteiger partial charge in [0.05, 0.1) is 50.1 Å². The molecule has 0 bridgehead atoms. The van der Waals surface area contributed by atoms with Crippen LogP contribution in [0.15, 0.2) is 30.3 Å². The zero-order valence-electron chi connectivity index (χ0n) is 21.1. The van der Waals surface area contributed by atoms with Crippen molar-refractivity contribution >= 4 is 5.69 Å². The second-order valence-electron chi connectivity index (χ2n) is 7.01. The molecule has 0 heterocycles. The first-order valence-electron chi connectivity index (χ1n) is 11.1. The van der Waals surface area contributed by atoms with Gasteiger partial charge in [-0.2, -0.15) is 10.5 Å². The van der Waals surface area contributed by atoms with Crippen molar-refractivity contribution < 1.29 is 34.2 Å². The summed E-state index contributed by atoms with van der Waals surface area (Å²) in [5, 5.41) is 42.0. The average Bonchev–Trinajstić information content (AvgIpc) is 2.88. The van der Waals surface area contributed by atoms with E-state index in [0.717, 1.165) is 25.7 Å². The van der Waals surface area contributed by atoms with Crippen molar-refractivity contribution in [2.45, 2.75) is 39.5 Å². The first-order valence-corrected chi connectivity index (χ1v) is 11.1. The lowest BCUT2D eigenvalue weighted by Crippen LogP contribution is -2.01. The minimum atomic E-state index is -1.50. The van der Waals surface area contributed by atoms with Crippen LogP contribution in [-0.4, -0.2) is 42.7 Å². The summed E-state index contributed by atoms with van der Waals surface area (Å²) in [6, 6.07) is 11.6. The summed E-state index contributed by atoms with van der Waals surface area (Å²) in [6.45, 7) is 5.26. The number of hydrogen-bond acceptors (Lipinski definition) is 10. The number of unbranched alkanes of at least 4 members (excludes halogenated alkanes) is 2. The molecular weight excluding hydrogens is 488 g/mol. The maximum atomic E-state index is 10.8. The van der Waals surface area contributed by atoms with Crippen molar-refractivity contribution in [3.8, 4) is 35.1 Å². The van der Waals surface area contributed by atoms with Crippen molar-refractivity contribution in [1.82, 2.24) is 0 Å². The van der Waals surface area contributed by atoms with Crippen LogP contribution in [0.2, 0.25) is 0 Å². The molecule has 37 heavy (non-hydrogen) atoms. The van der Waals surface area contributed by atoms with Crippen LogP contribution in [0, 0.1) is 42.9 Å². The third-order valence-corrected chi connectivity index (χ3v) is 4.40. The maximum absolute atomic E-state index is 10.8. The summed E-state index contributed by atoms with van der Waals surface area (Å²) < 4.78 is 21.2. The monoisotopic (exact) mass is 518 g/mol. The van der Waals surface area contributed by atoms with Gasteiger partial charge in [-0.1, -0.05) is 26.7 Å². The van der Waals surface area contributed by atoms with E-state index in [1.165, 1.54) is 19.2 Å². The topological polar surface area (TPSA) is 191 Å². The normalized spacial score (nSPS) is 9.14. The fraction of sp³-hybridized carbons (Fsp3) is 0.417. The first-order chi connectivity index (χ1) is 17.7. The lowest BCUT2D eigenvalue weighted by Gasteiger charge is -2.10. The molecule has 0 amide bonds. The van der Waals surface area contributed by atoms with Gasteiger partial charge in [0, 0.05) is 12.1 Å². The third kappa shape index (κ3) is 12.5. The van der Waals surface area contributed by atoms with E-state index < -0.39 is 10.0 Å². The zero-order chi connectivity index (χ0) is 28.2. The summed E-state index contributed by atoms with van der Waals surface area (Å²) >= 11 is 0. The van der Waals surface area contributed by atoms with Crippen LogP contribution in [0.3, 0.4) is 0 Å². The predicted octanol–water partition coefficient (Wildman–Crippen LogP) is 5.05. The first kappa shape index (κ1) is 32.2. The number of ether oxygens (including phenoxy) is 4. The van der Waals surface area contributed by atoms with E-state index in [0.29, 0.717) is 36.0 Å². The second kappa shape index (κ2) is 18.5. The summed E-state index contributed by atoms with van der Waals surface area (Å²) in [4.78, 5) is 18.6. The van der Waals surface area contributed by atoms with Crippen molar-refractivity contribution in [3.63, 3.8) is 0 Å². The summed E-state index contributed by atoms with van der Waals surface area (Å²) in [5.74, 6) is 1.93. The Morgan fingerprint density at radius 3 is 1.78 bits per heavy atom. The number of benzene rings is 2. The van der Waals surface area contributed by atoms with Crippen molar-refractivity contribution in [2.24, 2.45) is 0 Å². The number of hydrogen-bond donors (Lipinski definition) is 1. The molecule has 0 fully saturated rings. The Balaban J connectivity index is 0.000000619. The van der Waals surface area contributed by atoms with Gasteiger partial charge in [-0.05, 0) is 25.0 Å². The molecule has 0 spiro atoms. The quantitative estimate of drug-likeness (QED) is 0.238. The summed E-state index contributed by atoms with van der Waals surface area (Å²) in [7, 11) is 3.00. The molecule has 2 aromatic rings. The summed E-state index contributed by atoms with van der Waals surface area (Å²) in [5.41, 5.74) is 0.263. The number of methoxy groups -OCH3 is 2. The van der Waals surface area contributed by atoms with Gasteiger partial charge < -0.3 is 24.2 Å². The van der Waals surface area contributed by atoms with Crippen LogP contribution in [0.25, 0.3) is 0 Å². The van der Waals surface area contributed by atoms with Crippen LogP contribution in [-0.2, 0) is 0 Å². The Bertz CT molecular complexity index is 1090. The molecule has 0 unspecified atom stereocenters. The minimum Gasteiger partial charge on any atom is -0.493 e. The van der Waals surface area contributed by atoms with E-state index in [1.807, 2.05) is 6.92 Å². The van der Waals surface area contributed by atoms with E-state index in [4.69, 9.17) is 44.8 Å². The molecule has 0 atom stereocenters. The van der Waals surface area contributed by atoms with E-state index in [2.05, 4.69) is 13.0 Å². The predicted molar refractivity (Wildman–Crippen MR) is 132 cm³/mol. The molecule has 13 nitrogen and oxygen atoms in total. The van der Waals surface area contributed by atoms with Crippen molar-refractivity contribution in [3.05, 3.63) is 61.7 Å². The maximum Gasteiger partial charge on any atom is 0.291 e. The molecule has 2 rings (SSSR count). The van der Waals surface area contributed by atoms with Gasteiger partial charge in [-0.25, -0.2) is 0 Å². The molecule has 0 radical (unpaired) electrons. The molecule has 0 saturated carbocycles. The number of nitro groups is 1. The van der Waals surface area contributed by atoms with E-state index in [-0.39, 0.29) is 17.0 Å². The highest BCUT2D eigenvalue weighted by Gasteiger charge is 2.19. The van der Waals surface area contributed by atoms with Crippen LogP contribution in [0.5, 0.6) is 23.0 Å². The van der Waals surface area contributed by atoms with Gasteiger partial charge in [0.1, 0.15) is 11.6 Å². The SMILES string of the molecule is CCCCOc1cc([N+](=O)[O-])c(C#N)cc1OC.CCCCOc1ccc(C#N)cc1OC.O=[N+]([O-])O. The largest absolute Gasteiger partial charge is 0.493 e. The molecular formula is C24H30N4O9. The highest BCUT2D eigenvalue weighted by Crippen LogP contribution is 2.34. The van der Waals surface area contributed by atoms with Gasteiger partial charge in [-0.15, -0.1) is 10.1 Å². The average molecular weight is 519 g/mol. The fourth-order valence-electron chi connectivity index (χ4n) is 2.57. The number of nitriles is 2. The molecule has 0 aliphatic heterocycles. The van der Waals surface area contributed by atoms with E-state index in [1.54, 1.807) is 31.4 Å². The fourth-order valence-corrected chi connectivity index (χ4v) is 2.57. The number of rotatable bonds is 11. The molecule has 200 valence electrons. The Labute approximate surface area is 214 Å². The molecule has 0 aliphatic carbocycles. The van der Waals surface area contributed by atoms with Crippen molar-refractivity contribution in [1.29, 1.82) is 10.5 Å². The van der Waals surface area contributed by atoms with Crippen LogP contribution in [0.1, 0.15) is 50.7 Å². The molecule has 13 heteroatoms. The van der Waals surface area contributed by atoms with Gasteiger partial charge in [-0.3, -0.25) is 10.1 Å². The highest BCUT2D eigenvalue weighted by molar-refractivity contribution is 5.58. The molecule has 0 aliphatic rings. The van der Waals surface area contributed by atoms with Gasteiger partial charge >= 0.3 is 0 Å². The molecule has 1 N–H and O–H groups in total. The van der Waals surface area contributed by atoms with Gasteiger partial charge in [0.2, 0.25) is 0 Å². The number of nitrogens with zero attached hydrogens (tertiary/aromatic N) is 4. The molecule has 0 aromatic heterocycles. The third-order valence-electron chi connectivity index (χ3n) is 4.40. The Morgan fingerprint density at radius 2 is 1.35 bits per heavy atom. The van der Waals surface area contributed by atoms with Crippen LogP contribution >= 0.6 is 0 Å². The summed E-state index contributed by atoms with van der Waals surface area (Å²) in [6.07, 6.45) is 3.92. The Hall–Kier alpha value is -4.78. The minimum absolute atomic E-state index is 0.0420. The zero-order valence-corrected chi connectivity index (χ0v) is 21.1. The van der Waals surface area contributed by atoms with E-state index in [9.17, 15) is 10.1 Å². The van der Waals surface area contributed by atoms with Gasteiger partial charge in [0.15, 0.2) is 23.0 Å². The second-order valence-corrected chi connectivity index (χ2v) is 7.01. The smallest absolute Gasteiger partial charge is 0.291 e. The Kier molecular flexibility index (Phi) is 16.1. The number of nitro benzene ring substituents is 1. The van der Waals surface area contributed by atoms with Crippen LogP contribution < -0.4 is 18.9 Å². The molecule has 2 aromatic carbocycles. The van der Waals surface area contributed by atoms with Crippen molar-refractivity contribution in [2.75, 3.05) is 27.4 Å². The van der Waals surface area contributed by atoms with Gasteiger partial charge in [0.25, 0.3) is 10.8 Å². The van der Waals surface area contributed by atoms with E-state index >= 15 is 0 Å². The lowest BCUT2D eigenvalue weighted by atomic mass is 10.1. The standard InChI is InChI=1S/C12H14N2O4.C12H15NO2.HNO3/c1-3-4-5-18-12-7-10(14(15)16)9(8-13)6-11(12)17-2;1-3-4-7-15-11-6-5-10(9-13)8-12(11)14-2;2-1(3)4/h6-7H,3-5H2,1-2H3;5-6,8H,3-4,7H2,1-2H3;(H,2,3,4). The van der Waals surface area contributed by atoms with Crippen LogP contribution in [0.4, 0.5) is 5.69 Å². The highest BCUT2D eigenvalue weighted by atomic mass is 16.9. The lowest BCUT2D eigenvalue weighted by molar-refractivity contribution is -0.742. The molecule has 0 saturated heterocycles.